The number of halogens is 1. The third-order valence-corrected chi connectivity index (χ3v) is 6.78. The van der Waals surface area contributed by atoms with Crippen LogP contribution in [0.1, 0.15) is 71.1 Å². The van der Waals surface area contributed by atoms with Gasteiger partial charge in [0.05, 0.1) is 10.6 Å². The SMILES string of the molecule is C/C=C(Cl)\C1=N/C(C)Nc2cccc(c2)CCc2cc(ccc2CN)N1.C=CC.COC(C)(C)C.O=CN1CCCC1. The van der Waals surface area contributed by atoms with Gasteiger partial charge in [0.2, 0.25) is 6.41 Å². The number of anilines is 2. The summed E-state index contributed by atoms with van der Waals surface area (Å²) < 4.78 is 4.94. The molecular weight excluding hydrogens is 546 g/mol. The number of aryl methyl sites for hydroxylation is 2. The number of hydrogen-bond donors (Lipinski definition) is 3. The molecule has 1 fully saturated rings. The molecule has 1 atom stereocenters. The Kier molecular flexibility index (Phi) is 17.5. The number of hydrogen-bond acceptors (Lipinski definition) is 6. The van der Waals surface area contributed by atoms with E-state index in [1.165, 1.54) is 29.5 Å². The molecule has 4 bridgehead atoms. The molecule has 0 spiro atoms. The number of fused-ring (bicyclic) bond motifs is 4. The van der Waals surface area contributed by atoms with Gasteiger partial charge in [-0.3, -0.25) is 4.79 Å². The first-order valence-corrected chi connectivity index (χ1v) is 15.0. The zero-order chi connectivity index (χ0) is 31.5. The van der Waals surface area contributed by atoms with Crippen molar-refractivity contribution in [1.82, 2.24) is 4.90 Å². The van der Waals surface area contributed by atoms with Gasteiger partial charge in [-0.15, -0.1) is 6.58 Å². The second-order valence-corrected chi connectivity index (χ2v) is 11.4. The van der Waals surface area contributed by atoms with Crippen LogP contribution in [0.5, 0.6) is 0 Å². The van der Waals surface area contributed by atoms with E-state index in [0.717, 1.165) is 43.7 Å². The molecule has 0 aromatic heterocycles. The number of benzene rings is 2. The van der Waals surface area contributed by atoms with Crippen molar-refractivity contribution in [2.24, 2.45) is 10.7 Å². The summed E-state index contributed by atoms with van der Waals surface area (Å²) >= 11 is 6.39. The van der Waals surface area contributed by atoms with Gasteiger partial charge in [-0.25, -0.2) is 4.99 Å². The number of nitrogens with zero attached hydrogens (tertiary/aromatic N) is 2. The predicted octanol–water partition coefficient (Wildman–Crippen LogP) is 7.52. The molecule has 1 saturated heterocycles. The monoisotopic (exact) mass is 597 g/mol. The Morgan fingerprint density at radius 3 is 2.31 bits per heavy atom. The van der Waals surface area contributed by atoms with Gasteiger partial charge < -0.3 is 26.0 Å². The van der Waals surface area contributed by atoms with E-state index < -0.39 is 0 Å². The van der Waals surface area contributed by atoms with Gasteiger partial charge in [0, 0.05) is 38.1 Å². The first-order chi connectivity index (χ1) is 20.0. The number of nitrogens with one attached hydrogen (secondary N) is 2. The van der Waals surface area contributed by atoms with Gasteiger partial charge >= 0.3 is 0 Å². The summed E-state index contributed by atoms with van der Waals surface area (Å²) in [6.45, 7) is 17.7. The molecule has 2 aliphatic heterocycles. The van der Waals surface area contributed by atoms with Gasteiger partial charge in [-0.1, -0.05) is 42.0 Å². The minimum Gasteiger partial charge on any atom is -0.379 e. The van der Waals surface area contributed by atoms with E-state index in [1.807, 2.05) is 53.7 Å². The highest BCUT2D eigenvalue weighted by molar-refractivity contribution is 6.44. The van der Waals surface area contributed by atoms with Crippen molar-refractivity contribution < 1.29 is 9.53 Å². The molecule has 232 valence electrons. The van der Waals surface area contributed by atoms with Crippen LogP contribution in [0.2, 0.25) is 0 Å². The zero-order valence-electron chi connectivity index (χ0n) is 26.7. The highest BCUT2D eigenvalue weighted by atomic mass is 35.5. The number of methoxy groups -OCH3 is 1. The van der Waals surface area contributed by atoms with Crippen molar-refractivity contribution in [2.75, 3.05) is 30.8 Å². The molecule has 4 N–H and O–H groups in total. The molecule has 7 nitrogen and oxygen atoms in total. The number of carbonyl (C=O) groups excluding carboxylic acids is 1. The van der Waals surface area contributed by atoms with Crippen molar-refractivity contribution in [2.45, 2.75) is 85.5 Å². The van der Waals surface area contributed by atoms with Crippen LogP contribution in [0.25, 0.3) is 0 Å². The van der Waals surface area contributed by atoms with E-state index in [1.54, 1.807) is 18.1 Å². The minimum absolute atomic E-state index is 0.0417. The van der Waals surface area contributed by atoms with Crippen LogP contribution in [-0.2, 0) is 28.9 Å². The summed E-state index contributed by atoms with van der Waals surface area (Å²) in [5.74, 6) is 0.649. The summed E-state index contributed by atoms with van der Waals surface area (Å²) in [7, 11) is 1.71. The number of rotatable bonds is 3. The second kappa shape index (κ2) is 19.9. The normalized spacial score (nSPS) is 17.6. The molecule has 42 heavy (non-hydrogen) atoms. The van der Waals surface area contributed by atoms with Gasteiger partial charge in [-0.2, -0.15) is 0 Å². The lowest BCUT2D eigenvalue weighted by molar-refractivity contribution is -0.117. The Bertz CT molecular complexity index is 1150. The number of ether oxygens (including phenoxy) is 1. The Morgan fingerprint density at radius 2 is 1.79 bits per heavy atom. The molecule has 2 aromatic rings. The molecule has 4 rings (SSSR count). The van der Waals surface area contributed by atoms with E-state index in [0.29, 0.717) is 17.4 Å². The molecule has 0 aliphatic carbocycles. The first-order valence-electron chi connectivity index (χ1n) is 14.7. The molecule has 0 radical (unpaired) electrons. The molecule has 2 heterocycles. The Hall–Kier alpha value is -3.13. The predicted molar refractivity (Wildman–Crippen MR) is 181 cm³/mol. The van der Waals surface area contributed by atoms with Crippen LogP contribution in [0.3, 0.4) is 0 Å². The third kappa shape index (κ3) is 14.7. The van der Waals surface area contributed by atoms with Gasteiger partial charge in [0.25, 0.3) is 0 Å². The largest absolute Gasteiger partial charge is 0.379 e. The van der Waals surface area contributed by atoms with Crippen LogP contribution < -0.4 is 16.4 Å². The Morgan fingerprint density at radius 1 is 1.14 bits per heavy atom. The van der Waals surface area contributed by atoms with Crippen LogP contribution >= 0.6 is 11.6 Å². The number of allylic oxidation sites excluding steroid dienone is 2. The van der Waals surface area contributed by atoms with Crippen molar-refractivity contribution in [3.05, 3.63) is 82.9 Å². The van der Waals surface area contributed by atoms with Gasteiger partial charge in [-0.05, 0) is 108 Å². The van der Waals surface area contributed by atoms with Crippen molar-refractivity contribution in [3.63, 3.8) is 0 Å². The number of carbonyl (C=O) groups is 1. The molecule has 1 unspecified atom stereocenters. The Balaban J connectivity index is 0.000000449. The van der Waals surface area contributed by atoms with Crippen LogP contribution in [-0.4, -0.2) is 49.1 Å². The van der Waals surface area contributed by atoms with Gasteiger partial charge in [0.15, 0.2) is 0 Å². The summed E-state index contributed by atoms with van der Waals surface area (Å²) in [6, 6.07) is 14.7. The van der Waals surface area contributed by atoms with Crippen LogP contribution in [0, 0.1) is 0 Å². The highest BCUT2D eigenvalue weighted by Crippen LogP contribution is 2.22. The quantitative estimate of drug-likeness (QED) is 0.251. The maximum atomic E-state index is 9.93. The summed E-state index contributed by atoms with van der Waals surface area (Å²) in [6.07, 6.45) is 8.68. The molecule has 2 aliphatic rings. The third-order valence-electron chi connectivity index (χ3n) is 6.38. The molecular formula is C34H52ClN5O2. The van der Waals surface area contributed by atoms with Crippen LogP contribution in [0.4, 0.5) is 11.4 Å². The lowest BCUT2D eigenvalue weighted by Crippen LogP contribution is -2.20. The average molecular weight is 598 g/mol. The van der Waals surface area contributed by atoms with E-state index in [4.69, 9.17) is 27.1 Å². The number of likely N-dealkylation sites (tertiary alicyclic amines) is 1. The Labute approximate surface area is 259 Å². The summed E-state index contributed by atoms with van der Waals surface area (Å²) in [5, 5.41) is 7.38. The molecule has 2 aromatic carbocycles. The van der Waals surface area contributed by atoms with Crippen molar-refractivity contribution in [3.8, 4) is 0 Å². The maximum Gasteiger partial charge on any atom is 0.209 e. The van der Waals surface area contributed by atoms with E-state index in [-0.39, 0.29) is 11.8 Å². The fourth-order valence-electron chi connectivity index (χ4n) is 3.97. The number of aliphatic imine (C=N–C) groups is 1. The number of amides is 1. The number of amidine groups is 1. The minimum atomic E-state index is -0.120. The van der Waals surface area contributed by atoms with Gasteiger partial charge in [0.1, 0.15) is 12.0 Å². The summed E-state index contributed by atoms with van der Waals surface area (Å²) in [4.78, 5) is 16.5. The van der Waals surface area contributed by atoms with E-state index in [2.05, 4.69) is 53.6 Å². The highest BCUT2D eigenvalue weighted by Gasteiger charge is 2.12. The maximum absolute atomic E-state index is 9.93. The lowest BCUT2D eigenvalue weighted by Gasteiger charge is -2.16. The standard InChI is InChI=1S/C21H25ClN4.C5H9NO.C5H12O.C3H6/c1-3-20(22)21-25-14(2)24-18-6-4-5-15(11-18)7-8-16-12-19(26-21)10-9-17(16)13-23;7-5-6-3-1-2-4-6;1-5(2,3)6-4;1-3-2/h3-6,9-12,14,24H,7-8,13,23H2,1-2H3,(H,25,26);5H,1-4H2;1-4H3;3H,1H2,2H3/b20-3+;;;. The topological polar surface area (TPSA) is 92.0 Å². The first kappa shape index (κ1) is 36.9. The average Bonchev–Trinajstić information content (AvgIpc) is 3.50. The summed E-state index contributed by atoms with van der Waals surface area (Å²) in [5.41, 5.74) is 11.7. The number of nitrogens with two attached hydrogens (primary N) is 1. The second-order valence-electron chi connectivity index (χ2n) is 11.0. The van der Waals surface area contributed by atoms with Crippen LogP contribution in [0.15, 0.2) is 71.2 Å². The fourth-order valence-corrected chi connectivity index (χ4v) is 4.07. The van der Waals surface area contributed by atoms with E-state index in [9.17, 15) is 4.79 Å². The molecule has 1 amide bonds. The van der Waals surface area contributed by atoms with Crippen molar-refractivity contribution in [1.29, 1.82) is 0 Å². The molecule has 0 saturated carbocycles. The molecule has 8 heteroatoms. The lowest BCUT2D eigenvalue weighted by atomic mass is 9.98. The van der Waals surface area contributed by atoms with Crippen molar-refractivity contribution >= 4 is 35.2 Å². The zero-order valence-corrected chi connectivity index (χ0v) is 27.4. The smallest absolute Gasteiger partial charge is 0.209 e. The van der Waals surface area contributed by atoms with E-state index >= 15 is 0 Å². The fraction of sp³-hybridized carbons (Fsp3) is 0.471.